The van der Waals surface area contributed by atoms with Gasteiger partial charge < -0.3 is 16.0 Å². The summed E-state index contributed by atoms with van der Waals surface area (Å²) >= 11 is 3.17. The molecule has 0 fully saturated rings. The minimum absolute atomic E-state index is 0.219. The van der Waals surface area contributed by atoms with Gasteiger partial charge in [0.2, 0.25) is 0 Å². The third-order valence-electron chi connectivity index (χ3n) is 2.30. The number of halogens is 1. The van der Waals surface area contributed by atoms with Crippen LogP contribution in [0, 0.1) is 0 Å². The van der Waals surface area contributed by atoms with E-state index in [1.54, 1.807) is 0 Å². The van der Waals surface area contributed by atoms with E-state index in [1.807, 2.05) is 24.3 Å². The molecule has 0 spiro atoms. The van der Waals surface area contributed by atoms with Crippen molar-refractivity contribution < 1.29 is 0 Å². The number of benzene rings is 1. The molecule has 0 radical (unpaired) electrons. The molecule has 1 aromatic heterocycles. The van der Waals surface area contributed by atoms with Crippen molar-refractivity contribution >= 4 is 27.4 Å². The molecule has 4 N–H and O–H groups in total. The maximum Gasteiger partial charge on any atom is 0.267 e. The number of aromatic amines is 1. The first-order valence-electron chi connectivity index (χ1n) is 4.99. The molecule has 6 heteroatoms. The first-order chi connectivity index (χ1) is 8.18. The molecule has 1 aromatic carbocycles. The average Bonchev–Trinajstić information content (AvgIpc) is 2.33. The highest BCUT2D eigenvalue weighted by molar-refractivity contribution is 9.10. The monoisotopic (exact) mass is 294 g/mol. The standard InChI is InChI=1S/C11H11BrN4O/c12-9-10(15-6-16-11(9)17)14-5-7-3-1-2-4-8(7)13/h1-4,6H,5,13H2,(H2,14,15,16,17). The van der Waals surface area contributed by atoms with Crippen LogP contribution in [0.5, 0.6) is 0 Å². The van der Waals surface area contributed by atoms with Crippen LogP contribution in [0.4, 0.5) is 11.5 Å². The van der Waals surface area contributed by atoms with Gasteiger partial charge in [0, 0.05) is 12.2 Å². The largest absolute Gasteiger partial charge is 0.398 e. The van der Waals surface area contributed by atoms with E-state index < -0.39 is 0 Å². The zero-order valence-electron chi connectivity index (χ0n) is 8.90. The Labute approximate surface area is 106 Å². The Balaban J connectivity index is 2.16. The number of hydrogen-bond donors (Lipinski definition) is 3. The van der Waals surface area contributed by atoms with E-state index in [0.717, 1.165) is 5.56 Å². The minimum atomic E-state index is -0.219. The lowest BCUT2D eigenvalue weighted by atomic mass is 10.2. The normalized spacial score (nSPS) is 10.2. The van der Waals surface area contributed by atoms with Gasteiger partial charge in [-0.25, -0.2) is 4.98 Å². The second kappa shape index (κ2) is 5.01. The highest BCUT2D eigenvalue weighted by atomic mass is 79.9. The Morgan fingerprint density at radius 1 is 1.41 bits per heavy atom. The molecule has 0 aliphatic heterocycles. The molecule has 0 saturated heterocycles. The number of aromatic nitrogens is 2. The van der Waals surface area contributed by atoms with Gasteiger partial charge in [0.15, 0.2) is 0 Å². The Hall–Kier alpha value is -1.82. The van der Waals surface area contributed by atoms with Gasteiger partial charge >= 0.3 is 0 Å². The quantitative estimate of drug-likeness (QED) is 0.753. The third kappa shape index (κ3) is 2.65. The van der Waals surface area contributed by atoms with Crippen molar-refractivity contribution in [2.75, 3.05) is 11.1 Å². The summed E-state index contributed by atoms with van der Waals surface area (Å²) in [6.45, 7) is 0.516. The minimum Gasteiger partial charge on any atom is -0.398 e. The molecule has 0 unspecified atom stereocenters. The third-order valence-corrected chi connectivity index (χ3v) is 3.03. The second-order valence-electron chi connectivity index (χ2n) is 3.45. The van der Waals surface area contributed by atoms with E-state index in [4.69, 9.17) is 5.73 Å². The number of nitrogens with zero attached hydrogens (tertiary/aromatic N) is 1. The van der Waals surface area contributed by atoms with Gasteiger partial charge in [-0.15, -0.1) is 0 Å². The number of anilines is 2. The summed E-state index contributed by atoms with van der Waals surface area (Å²) in [5, 5.41) is 3.05. The van der Waals surface area contributed by atoms with Crippen molar-refractivity contribution in [2.45, 2.75) is 6.54 Å². The van der Waals surface area contributed by atoms with Crippen LogP contribution in [0.2, 0.25) is 0 Å². The SMILES string of the molecule is Nc1ccccc1CNc1nc[nH]c(=O)c1Br. The van der Waals surface area contributed by atoms with Gasteiger partial charge in [0.05, 0.1) is 6.33 Å². The number of nitrogens with two attached hydrogens (primary N) is 1. The molecule has 0 amide bonds. The molecule has 88 valence electrons. The molecular weight excluding hydrogens is 284 g/mol. The van der Waals surface area contributed by atoms with E-state index in [0.29, 0.717) is 22.5 Å². The van der Waals surface area contributed by atoms with E-state index in [2.05, 4.69) is 31.2 Å². The lowest BCUT2D eigenvalue weighted by Crippen LogP contribution is -2.12. The molecule has 0 aliphatic rings. The number of rotatable bonds is 3. The number of para-hydroxylation sites is 1. The van der Waals surface area contributed by atoms with Crippen molar-refractivity contribution in [3.8, 4) is 0 Å². The van der Waals surface area contributed by atoms with Gasteiger partial charge in [-0.2, -0.15) is 0 Å². The van der Waals surface area contributed by atoms with Gasteiger partial charge in [-0.05, 0) is 27.6 Å². The predicted molar refractivity (Wildman–Crippen MR) is 70.7 cm³/mol. The summed E-state index contributed by atoms with van der Waals surface area (Å²) in [6, 6.07) is 7.54. The topological polar surface area (TPSA) is 83.8 Å². The summed E-state index contributed by atoms with van der Waals surface area (Å²) in [5.41, 5.74) is 7.26. The summed E-state index contributed by atoms with van der Waals surface area (Å²) < 4.78 is 0.384. The van der Waals surface area contributed by atoms with Crippen molar-refractivity contribution in [3.05, 3.63) is 51.0 Å². The molecule has 2 aromatic rings. The van der Waals surface area contributed by atoms with Crippen LogP contribution >= 0.6 is 15.9 Å². The average molecular weight is 295 g/mol. The first kappa shape index (κ1) is 11.7. The molecule has 2 rings (SSSR count). The molecule has 0 saturated carbocycles. The predicted octanol–water partition coefficient (Wildman–Crippen LogP) is 1.73. The zero-order chi connectivity index (χ0) is 12.3. The highest BCUT2D eigenvalue weighted by Crippen LogP contribution is 2.16. The molecule has 0 atom stereocenters. The molecule has 1 heterocycles. The summed E-state index contributed by atoms with van der Waals surface area (Å²) in [5.74, 6) is 0.497. The number of nitrogen functional groups attached to an aromatic ring is 1. The van der Waals surface area contributed by atoms with Crippen LogP contribution in [0.25, 0.3) is 0 Å². The summed E-state index contributed by atoms with van der Waals surface area (Å²) in [7, 11) is 0. The Morgan fingerprint density at radius 2 is 2.18 bits per heavy atom. The fraction of sp³-hybridized carbons (Fsp3) is 0.0909. The van der Waals surface area contributed by atoms with Crippen LogP contribution in [0.15, 0.2) is 39.9 Å². The Morgan fingerprint density at radius 3 is 2.94 bits per heavy atom. The Kier molecular flexibility index (Phi) is 3.43. The van der Waals surface area contributed by atoms with Crippen LogP contribution in [0.1, 0.15) is 5.56 Å². The molecular formula is C11H11BrN4O. The van der Waals surface area contributed by atoms with Gasteiger partial charge in [-0.1, -0.05) is 18.2 Å². The van der Waals surface area contributed by atoms with Gasteiger partial charge in [-0.3, -0.25) is 4.79 Å². The zero-order valence-corrected chi connectivity index (χ0v) is 10.5. The summed E-state index contributed by atoms with van der Waals surface area (Å²) in [6.07, 6.45) is 1.35. The highest BCUT2D eigenvalue weighted by Gasteiger charge is 2.05. The second-order valence-corrected chi connectivity index (χ2v) is 4.24. The van der Waals surface area contributed by atoms with Crippen LogP contribution in [0.3, 0.4) is 0 Å². The number of hydrogen-bond acceptors (Lipinski definition) is 4. The molecule has 17 heavy (non-hydrogen) atoms. The Bertz CT molecular complexity index is 582. The lowest BCUT2D eigenvalue weighted by molar-refractivity contribution is 1.05. The lowest BCUT2D eigenvalue weighted by Gasteiger charge is -2.08. The van der Waals surface area contributed by atoms with Gasteiger partial charge in [0.25, 0.3) is 5.56 Å². The van der Waals surface area contributed by atoms with Crippen molar-refractivity contribution in [1.29, 1.82) is 0 Å². The molecule has 0 aliphatic carbocycles. The van der Waals surface area contributed by atoms with Crippen LogP contribution < -0.4 is 16.6 Å². The van der Waals surface area contributed by atoms with E-state index in [-0.39, 0.29) is 5.56 Å². The van der Waals surface area contributed by atoms with E-state index >= 15 is 0 Å². The fourth-order valence-corrected chi connectivity index (χ4v) is 1.74. The van der Waals surface area contributed by atoms with Crippen molar-refractivity contribution in [2.24, 2.45) is 0 Å². The summed E-state index contributed by atoms with van der Waals surface area (Å²) in [4.78, 5) is 17.8. The smallest absolute Gasteiger partial charge is 0.267 e. The van der Waals surface area contributed by atoms with Crippen molar-refractivity contribution in [3.63, 3.8) is 0 Å². The van der Waals surface area contributed by atoms with E-state index in [9.17, 15) is 4.79 Å². The molecule has 5 nitrogen and oxygen atoms in total. The van der Waals surface area contributed by atoms with Gasteiger partial charge in [0.1, 0.15) is 10.3 Å². The molecule has 0 bridgehead atoms. The first-order valence-corrected chi connectivity index (χ1v) is 5.78. The maximum atomic E-state index is 11.3. The maximum absolute atomic E-state index is 11.3. The van der Waals surface area contributed by atoms with Crippen molar-refractivity contribution in [1.82, 2.24) is 9.97 Å². The van der Waals surface area contributed by atoms with Crippen LogP contribution in [-0.4, -0.2) is 9.97 Å². The van der Waals surface area contributed by atoms with E-state index in [1.165, 1.54) is 6.33 Å². The number of nitrogens with one attached hydrogen (secondary N) is 2. The van der Waals surface area contributed by atoms with Crippen LogP contribution in [-0.2, 0) is 6.54 Å². The number of H-pyrrole nitrogens is 1. The fourth-order valence-electron chi connectivity index (χ4n) is 1.38.